The molecule has 0 atom stereocenters. The van der Waals surface area contributed by atoms with E-state index in [-0.39, 0.29) is 12.2 Å². The van der Waals surface area contributed by atoms with Crippen LogP contribution in [0.1, 0.15) is 12.0 Å². The second kappa shape index (κ2) is 6.58. The van der Waals surface area contributed by atoms with Crippen LogP contribution in [0.4, 0.5) is 5.69 Å². The first-order chi connectivity index (χ1) is 8.75. The fourth-order valence-corrected chi connectivity index (χ4v) is 3.16. The predicted octanol–water partition coefficient (Wildman–Crippen LogP) is 2.72. The molecule has 5 nitrogen and oxygen atoms in total. The minimum Gasteiger partial charge on any atom is -0.469 e. The summed E-state index contributed by atoms with van der Waals surface area (Å²) in [4.78, 5) is 10.9. The standard InChI is InChI=1S/C11H13BrClNO4S/c1-7-5-8(12)10(6-9(7)13)14-19(16,17)4-3-11(15)18-2/h5-6,14H,3-4H2,1-2H3. The van der Waals surface area contributed by atoms with Crippen molar-refractivity contribution in [2.24, 2.45) is 0 Å². The van der Waals surface area contributed by atoms with Crippen LogP contribution in [-0.4, -0.2) is 27.2 Å². The minimum atomic E-state index is -3.63. The summed E-state index contributed by atoms with van der Waals surface area (Å²) in [6, 6.07) is 3.22. The molecule has 0 amide bonds. The molecular weight excluding hydrogens is 358 g/mol. The van der Waals surface area contributed by atoms with Gasteiger partial charge >= 0.3 is 5.97 Å². The van der Waals surface area contributed by atoms with Crippen molar-refractivity contribution in [1.29, 1.82) is 0 Å². The van der Waals surface area contributed by atoms with Crippen molar-refractivity contribution in [3.05, 3.63) is 27.2 Å². The van der Waals surface area contributed by atoms with E-state index in [1.54, 1.807) is 6.07 Å². The smallest absolute Gasteiger partial charge is 0.306 e. The van der Waals surface area contributed by atoms with Gasteiger partial charge in [-0.05, 0) is 40.5 Å². The molecule has 1 aromatic rings. The molecule has 1 rings (SSSR count). The molecule has 0 radical (unpaired) electrons. The maximum Gasteiger partial charge on any atom is 0.306 e. The van der Waals surface area contributed by atoms with Crippen LogP contribution in [0, 0.1) is 6.92 Å². The molecule has 1 N–H and O–H groups in total. The normalized spacial score (nSPS) is 11.2. The van der Waals surface area contributed by atoms with Crippen LogP contribution in [0.2, 0.25) is 5.02 Å². The molecule has 0 saturated heterocycles. The molecular formula is C11H13BrClNO4S. The van der Waals surface area contributed by atoms with Crippen molar-refractivity contribution >= 4 is 49.2 Å². The van der Waals surface area contributed by atoms with E-state index in [4.69, 9.17) is 11.6 Å². The van der Waals surface area contributed by atoms with Gasteiger partial charge in [-0.2, -0.15) is 0 Å². The third-order valence-corrected chi connectivity index (χ3v) is 4.65. The van der Waals surface area contributed by atoms with E-state index < -0.39 is 16.0 Å². The Kier molecular flexibility index (Phi) is 5.64. The Hall–Kier alpha value is -0.790. The summed E-state index contributed by atoms with van der Waals surface area (Å²) in [5, 5.41) is 0.453. The molecule has 0 aliphatic heterocycles. The Morgan fingerprint density at radius 2 is 2.11 bits per heavy atom. The van der Waals surface area contributed by atoms with Gasteiger partial charge in [-0.25, -0.2) is 8.42 Å². The number of aryl methyl sites for hydroxylation is 1. The van der Waals surface area contributed by atoms with E-state index in [2.05, 4.69) is 25.4 Å². The van der Waals surface area contributed by atoms with E-state index in [1.807, 2.05) is 6.92 Å². The van der Waals surface area contributed by atoms with Gasteiger partial charge in [0.2, 0.25) is 10.0 Å². The summed E-state index contributed by atoms with van der Waals surface area (Å²) < 4.78 is 30.9. The van der Waals surface area contributed by atoms with Crippen molar-refractivity contribution in [2.45, 2.75) is 13.3 Å². The monoisotopic (exact) mass is 369 g/mol. The van der Waals surface area contributed by atoms with Gasteiger partial charge in [0.15, 0.2) is 0 Å². The topological polar surface area (TPSA) is 72.5 Å². The number of hydrogen-bond donors (Lipinski definition) is 1. The molecule has 0 bridgehead atoms. The molecule has 19 heavy (non-hydrogen) atoms. The zero-order chi connectivity index (χ0) is 14.6. The van der Waals surface area contributed by atoms with Gasteiger partial charge in [-0.1, -0.05) is 11.6 Å². The van der Waals surface area contributed by atoms with E-state index in [0.29, 0.717) is 15.2 Å². The van der Waals surface area contributed by atoms with Crippen molar-refractivity contribution in [3.63, 3.8) is 0 Å². The molecule has 0 fully saturated rings. The van der Waals surface area contributed by atoms with Crippen molar-refractivity contribution in [3.8, 4) is 0 Å². The average molecular weight is 371 g/mol. The van der Waals surface area contributed by atoms with Crippen LogP contribution in [0.25, 0.3) is 0 Å². The number of rotatable bonds is 5. The third kappa shape index (κ3) is 5.00. The summed E-state index contributed by atoms with van der Waals surface area (Å²) in [7, 11) is -2.42. The number of halogens is 2. The van der Waals surface area contributed by atoms with Crippen LogP contribution in [-0.2, 0) is 19.6 Å². The number of nitrogens with one attached hydrogen (secondary N) is 1. The summed E-state index contributed by atoms with van der Waals surface area (Å²) >= 11 is 9.19. The Labute approximate surface area is 125 Å². The largest absolute Gasteiger partial charge is 0.469 e. The van der Waals surface area contributed by atoms with Crippen LogP contribution >= 0.6 is 27.5 Å². The predicted molar refractivity (Wildman–Crippen MR) is 77.9 cm³/mol. The molecule has 0 unspecified atom stereocenters. The molecule has 0 aliphatic rings. The molecule has 0 heterocycles. The van der Waals surface area contributed by atoms with Gasteiger partial charge < -0.3 is 4.74 Å². The SMILES string of the molecule is COC(=O)CCS(=O)(=O)Nc1cc(Cl)c(C)cc1Br. The number of carbonyl (C=O) groups excluding carboxylic acids is 1. The van der Waals surface area contributed by atoms with Crippen LogP contribution in [0.15, 0.2) is 16.6 Å². The van der Waals surface area contributed by atoms with E-state index in [1.165, 1.54) is 13.2 Å². The number of carbonyl (C=O) groups is 1. The molecule has 0 aliphatic carbocycles. The quantitative estimate of drug-likeness (QED) is 0.809. The lowest BCUT2D eigenvalue weighted by atomic mass is 10.2. The van der Waals surface area contributed by atoms with Crippen LogP contribution in [0.3, 0.4) is 0 Å². The Bertz CT molecular complexity index is 589. The highest BCUT2D eigenvalue weighted by Gasteiger charge is 2.16. The molecule has 0 spiro atoms. The maximum absolute atomic E-state index is 11.8. The van der Waals surface area contributed by atoms with Gasteiger partial charge in [-0.15, -0.1) is 0 Å². The highest BCUT2D eigenvalue weighted by Crippen LogP contribution is 2.29. The fraction of sp³-hybridized carbons (Fsp3) is 0.364. The summed E-state index contributed by atoms with van der Waals surface area (Å²) in [6.07, 6.45) is -0.205. The lowest BCUT2D eigenvalue weighted by molar-refractivity contribution is -0.140. The zero-order valence-electron chi connectivity index (χ0n) is 10.4. The van der Waals surface area contributed by atoms with Crippen molar-refractivity contribution in [1.82, 2.24) is 0 Å². The summed E-state index contributed by atoms with van der Waals surface area (Å²) in [6.45, 7) is 1.81. The molecule has 8 heteroatoms. The highest BCUT2D eigenvalue weighted by atomic mass is 79.9. The number of ether oxygens (including phenoxy) is 1. The molecule has 0 aromatic heterocycles. The van der Waals surface area contributed by atoms with Crippen LogP contribution < -0.4 is 4.72 Å². The number of sulfonamides is 1. The second-order valence-corrected chi connectivity index (χ2v) is 6.93. The number of hydrogen-bond acceptors (Lipinski definition) is 4. The summed E-state index contributed by atoms with van der Waals surface area (Å²) in [5.41, 5.74) is 1.16. The first-order valence-electron chi connectivity index (χ1n) is 5.28. The first-order valence-corrected chi connectivity index (χ1v) is 8.10. The number of benzene rings is 1. The third-order valence-electron chi connectivity index (χ3n) is 2.32. The zero-order valence-corrected chi connectivity index (χ0v) is 13.5. The van der Waals surface area contributed by atoms with Crippen molar-refractivity contribution < 1.29 is 17.9 Å². The van der Waals surface area contributed by atoms with Crippen LogP contribution in [0.5, 0.6) is 0 Å². The molecule has 1 aromatic carbocycles. The molecule has 106 valence electrons. The first kappa shape index (κ1) is 16.3. The Balaban J connectivity index is 2.84. The number of methoxy groups -OCH3 is 1. The molecule has 0 saturated carbocycles. The van der Waals surface area contributed by atoms with Crippen molar-refractivity contribution in [2.75, 3.05) is 17.6 Å². The second-order valence-electron chi connectivity index (χ2n) is 3.83. The number of esters is 1. The van der Waals surface area contributed by atoms with Gasteiger partial charge in [0.1, 0.15) is 0 Å². The van der Waals surface area contributed by atoms with Gasteiger partial charge in [0.25, 0.3) is 0 Å². The average Bonchev–Trinajstić information content (AvgIpc) is 2.33. The number of anilines is 1. The summed E-state index contributed by atoms with van der Waals surface area (Å²) in [5.74, 6) is -0.927. The van der Waals surface area contributed by atoms with E-state index in [0.717, 1.165) is 5.56 Å². The van der Waals surface area contributed by atoms with Gasteiger partial charge in [0, 0.05) is 9.50 Å². The maximum atomic E-state index is 11.8. The lowest BCUT2D eigenvalue weighted by Crippen LogP contribution is -2.19. The van der Waals surface area contributed by atoms with E-state index in [9.17, 15) is 13.2 Å². The fourth-order valence-electron chi connectivity index (χ4n) is 1.26. The van der Waals surface area contributed by atoms with Gasteiger partial charge in [0.05, 0.1) is 25.0 Å². The Morgan fingerprint density at radius 3 is 2.68 bits per heavy atom. The minimum absolute atomic E-state index is 0.205. The van der Waals surface area contributed by atoms with Gasteiger partial charge in [-0.3, -0.25) is 9.52 Å². The lowest BCUT2D eigenvalue weighted by Gasteiger charge is -2.11. The Morgan fingerprint density at radius 1 is 1.47 bits per heavy atom. The highest BCUT2D eigenvalue weighted by molar-refractivity contribution is 9.10. The van der Waals surface area contributed by atoms with E-state index >= 15 is 0 Å².